The molecular weight excluding hydrogens is 554 g/mol. The minimum Gasteiger partial charge on any atom is -0.383 e. The Morgan fingerprint density at radius 1 is 1.16 bits per heavy atom. The number of aliphatic hydroxyl groups excluding tert-OH is 1. The molecule has 22 heteroatoms. The summed E-state index contributed by atoms with van der Waals surface area (Å²) in [7, 11) is -17.5. The van der Waals surface area contributed by atoms with Crippen LogP contribution in [0.25, 0.3) is 0 Å². The number of phosphoric ester groups is 1. The number of nitrogens with zero attached hydrogens (tertiary/aromatic N) is 1. The van der Waals surface area contributed by atoms with E-state index in [0.717, 1.165) is 12.3 Å². The van der Waals surface area contributed by atoms with E-state index < -0.39 is 60.6 Å². The third-order valence-corrected chi connectivity index (χ3v) is 8.06. The van der Waals surface area contributed by atoms with Crippen LogP contribution in [0.5, 0.6) is 0 Å². The minimum atomic E-state index is -5.93. The van der Waals surface area contributed by atoms with E-state index in [1.165, 1.54) is 0 Å². The van der Waals surface area contributed by atoms with Gasteiger partial charge in [0.05, 0.1) is 0 Å². The van der Waals surface area contributed by atoms with Crippen LogP contribution in [-0.4, -0.2) is 65.1 Å². The van der Waals surface area contributed by atoms with Crippen LogP contribution in [0.4, 0.5) is 13.2 Å². The number of hydrogen-bond donors (Lipinski definition) is 6. The lowest BCUT2D eigenvalue weighted by atomic mass is 9.96. The lowest BCUT2D eigenvalue weighted by Gasteiger charge is -2.27. The van der Waals surface area contributed by atoms with Crippen molar-refractivity contribution in [3.63, 3.8) is 0 Å². The number of rotatable bonds is 9. The second-order valence-corrected chi connectivity index (χ2v) is 11.3. The third kappa shape index (κ3) is 6.40. The van der Waals surface area contributed by atoms with Gasteiger partial charge in [-0.05, 0) is 18.3 Å². The molecule has 1 aliphatic rings. The summed E-state index contributed by atoms with van der Waals surface area (Å²) < 4.78 is 93.2. The molecule has 0 spiro atoms. The summed E-state index contributed by atoms with van der Waals surface area (Å²) in [6.45, 7) is -3.92. The normalized spacial score (nSPS) is 32.4. The SMILES string of the molecule is O=P(O)(O)OP(=O)(O)OP(=O)(O)OC[C@@]1(F)O[C@@H](n2ccc(=S)[nH]c2=S)C(F)(CF)[C@H]1O. The Labute approximate surface area is 186 Å². The maximum atomic E-state index is 15.1. The number of halogens is 3. The topological polar surface area (TPSA) is 210 Å². The fourth-order valence-electron chi connectivity index (χ4n) is 2.47. The van der Waals surface area contributed by atoms with Crippen molar-refractivity contribution in [1.29, 1.82) is 0 Å². The van der Waals surface area contributed by atoms with Crippen molar-refractivity contribution in [2.75, 3.05) is 13.3 Å². The van der Waals surface area contributed by atoms with Gasteiger partial charge in [0, 0.05) is 6.20 Å². The zero-order valence-corrected chi connectivity index (χ0v) is 19.4. The van der Waals surface area contributed by atoms with Crippen molar-refractivity contribution >= 4 is 47.9 Å². The van der Waals surface area contributed by atoms with Gasteiger partial charge in [-0.1, -0.05) is 12.2 Å². The first-order chi connectivity index (χ1) is 14.3. The van der Waals surface area contributed by atoms with Crippen molar-refractivity contribution in [2.45, 2.75) is 23.9 Å². The standard InChI is InChI=1S/C10H14F3N2O12P3S2/c11-3-9(12)6(16)10(13,25-7(9)15-2-1-5(31)14-8(15)32)4-24-29(20,21)27-30(22,23)26-28(17,18)19/h1-2,6-7,16H,3-4H2,(H,20,21)(H,22,23)(H,14,31,32)(H2,17,18,19)/t6-,7-,9?,10-/m1/s1. The highest BCUT2D eigenvalue weighted by atomic mass is 32.1. The van der Waals surface area contributed by atoms with Gasteiger partial charge in [0.25, 0.3) is 5.85 Å². The second-order valence-electron chi connectivity index (χ2n) is 6.10. The number of aromatic nitrogens is 2. The fraction of sp³-hybridized carbons (Fsp3) is 0.600. The monoisotopic (exact) mass is 568 g/mol. The van der Waals surface area contributed by atoms with Crippen molar-refractivity contribution < 1.29 is 69.4 Å². The molecule has 6 N–H and O–H groups in total. The molecule has 2 rings (SSSR count). The number of alkyl halides is 3. The Balaban J connectivity index is 2.27. The van der Waals surface area contributed by atoms with Gasteiger partial charge < -0.3 is 34.4 Å². The first-order valence-corrected chi connectivity index (χ1v) is 13.1. The molecule has 0 amide bonds. The molecule has 3 unspecified atom stereocenters. The molecule has 2 heterocycles. The van der Waals surface area contributed by atoms with Gasteiger partial charge in [-0.3, -0.25) is 9.09 Å². The first kappa shape index (κ1) is 27.9. The lowest BCUT2D eigenvalue weighted by Crippen LogP contribution is -2.49. The molecular formula is C10H14F3N2O12P3S2. The van der Waals surface area contributed by atoms with Gasteiger partial charge in [-0.2, -0.15) is 8.62 Å². The average Bonchev–Trinajstić information content (AvgIpc) is 2.80. The molecule has 184 valence electrons. The Kier molecular flexibility index (Phi) is 8.15. The molecule has 1 aromatic rings. The molecule has 0 aliphatic carbocycles. The van der Waals surface area contributed by atoms with Crippen LogP contribution in [0.2, 0.25) is 0 Å². The molecule has 0 aromatic carbocycles. The Bertz CT molecular complexity index is 1130. The first-order valence-electron chi connectivity index (χ1n) is 7.74. The Hall–Kier alpha value is -0.360. The maximum Gasteiger partial charge on any atom is 0.490 e. The zero-order chi connectivity index (χ0) is 24.8. The number of nitrogens with one attached hydrogen (secondary N) is 1. The fourth-order valence-corrected chi connectivity index (χ4v) is 5.99. The van der Waals surface area contributed by atoms with E-state index in [1.54, 1.807) is 0 Å². The van der Waals surface area contributed by atoms with E-state index in [2.05, 4.69) is 18.1 Å². The average molecular weight is 568 g/mol. The molecule has 1 aliphatic heterocycles. The highest BCUT2D eigenvalue weighted by Gasteiger charge is 2.67. The summed E-state index contributed by atoms with van der Waals surface area (Å²) >= 11 is 9.65. The summed E-state index contributed by atoms with van der Waals surface area (Å²) in [6, 6.07) is 1.14. The third-order valence-electron chi connectivity index (χ3n) is 3.73. The van der Waals surface area contributed by atoms with Crippen molar-refractivity contribution in [3.8, 4) is 0 Å². The number of aromatic amines is 1. The van der Waals surface area contributed by atoms with Crippen LogP contribution >= 0.6 is 47.9 Å². The molecule has 1 fully saturated rings. The van der Waals surface area contributed by atoms with Gasteiger partial charge in [0.1, 0.15) is 17.9 Å². The number of aliphatic hydroxyl groups is 1. The largest absolute Gasteiger partial charge is 0.490 e. The van der Waals surface area contributed by atoms with E-state index >= 15 is 8.78 Å². The molecule has 32 heavy (non-hydrogen) atoms. The van der Waals surface area contributed by atoms with Crippen LogP contribution in [-0.2, 0) is 31.6 Å². The zero-order valence-electron chi connectivity index (χ0n) is 15.1. The van der Waals surface area contributed by atoms with Crippen molar-refractivity contribution in [1.82, 2.24) is 9.55 Å². The number of hydrogen-bond acceptors (Lipinski definition) is 10. The Morgan fingerprint density at radius 3 is 2.25 bits per heavy atom. The quantitative estimate of drug-likeness (QED) is 0.186. The number of ether oxygens (including phenoxy) is 1. The van der Waals surface area contributed by atoms with Crippen LogP contribution in [0.15, 0.2) is 12.3 Å². The summed E-state index contributed by atoms with van der Waals surface area (Å²) in [5.41, 5.74) is -3.51. The molecule has 14 nitrogen and oxygen atoms in total. The second kappa shape index (κ2) is 9.36. The highest BCUT2D eigenvalue weighted by Crippen LogP contribution is 2.66. The lowest BCUT2D eigenvalue weighted by molar-refractivity contribution is -0.204. The van der Waals surface area contributed by atoms with E-state index in [1.807, 2.05) is 0 Å². The summed E-state index contributed by atoms with van der Waals surface area (Å²) in [4.78, 5) is 37.7. The van der Waals surface area contributed by atoms with Crippen LogP contribution in [0.3, 0.4) is 0 Å². The predicted molar refractivity (Wildman–Crippen MR) is 100 cm³/mol. The molecule has 0 saturated carbocycles. The van der Waals surface area contributed by atoms with Crippen molar-refractivity contribution in [3.05, 3.63) is 21.7 Å². The predicted octanol–water partition coefficient (Wildman–Crippen LogP) is 1.85. The van der Waals surface area contributed by atoms with Crippen LogP contribution in [0, 0.1) is 9.41 Å². The van der Waals surface area contributed by atoms with E-state index in [4.69, 9.17) is 43.9 Å². The van der Waals surface area contributed by atoms with Crippen LogP contribution < -0.4 is 0 Å². The van der Waals surface area contributed by atoms with Gasteiger partial charge in [-0.25, -0.2) is 26.9 Å². The van der Waals surface area contributed by atoms with Crippen LogP contribution in [0.1, 0.15) is 6.23 Å². The minimum absolute atomic E-state index is 0.0636. The smallest absolute Gasteiger partial charge is 0.383 e. The van der Waals surface area contributed by atoms with Gasteiger partial charge in [0.2, 0.25) is 5.67 Å². The van der Waals surface area contributed by atoms with E-state index in [0.29, 0.717) is 4.57 Å². The maximum absolute atomic E-state index is 15.1. The Morgan fingerprint density at radius 2 is 1.75 bits per heavy atom. The highest BCUT2D eigenvalue weighted by molar-refractivity contribution is 7.72. The molecule has 0 bridgehead atoms. The molecule has 0 radical (unpaired) electrons. The van der Waals surface area contributed by atoms with Gasteiger partial charge >= 0.3 is 23.5 Å². The summed E-state index contributed by atoms with van der Waals surface area (Å²) in [5.74, 6) is -3.75. The molecule has 1 aromatic heterocycles. The molecule has 6 atom stereocenters. The van der Waals surface area contributed by atoms with E-state index in [9.17, 15) is 28.1 Å². The number of phosphoric acid groups is 3. The van der Waals surface area contributed by atoms with Gasteiger partial charge in [0.15, 0.2) is 17.1 Å². The van der Waals surface area contributed by atoms with Crippen molar-refractivity contribution in [2.24, 2.45) is 0 Å². The number of H-pyrrole nitrogens is 1. The van der Waals surface area contributed by atoms with Gasteiger partial charge in [-0.15, -0.1) is 0 Å². The molecule has 1 saturated heterocycles. The summed E-state index contributed by atoms with van der Waals surface area (Å²) in [5, 5.41) is 10.0. The summed E-state index contributed by atoms with van der Waals surface area (Å²) in [6.07, 6.45) is -4.30. The van der Waals surface area contributed by atoms with E-state index in [-0.39, 0.29) is 9.41 Å².